The predicted octanol–water partition coefficient (Wildman–Crippen LogP) is 7.05. The number of halogens is 2. The summed E-state index contributed by atoms with van der Waals surface area (Å²) in [6, 6.07) is 7.15. The summed E-state index contributed by atoms with van der Waals surface area (Å²) in [6.45, 7) is 3.70. The van der Waals surface area contributed by atoms with Crippen molar-refractivity contribution in [1.82, 2.24) is 29.7 Å². The van der Waals surface area contributed by atoms with Crippen LogP contribution in [0.15, 0.2) is 43.0 Å². The first kappa shape index (κ1) is 24.2. The van der Waals surface area contributed by atoms with E-state index in [1.165, 1.54) is 63.8 Å². The maximum absolute atomic E-state index is 14.1. The van der Waals surface area contributed by atoms with Crippen molar-refractivity contribution in [3.05, 3.63) is 65.2 Å². The maximum atomic E-state index is 14.1. The standard InChI is InChI=1S/C14H10ClFN4.C6H8N2.C6H12/c1-7-8(2)20-14-13(19-7)12(17-6-18-14)10-4-3-9(15)5-11(10)16;1-4-7-8(5-1)6-2-3-6;1-2-4-6-5-3-1/h3-6H,1-2H3;1,4-6H,2-3H2;1-6H2. The third-order valence-corrected chi connectivity index (χ3v) is 6.25. The van der Waals surface area contributed by atoms with Crippen LogP contribution in [0.4, 0.5) is 4.39 Å². The number of aromatic nitrogens is 6. The summed E-state index contributed by atoms with van der Waals surface area (Å²) in [4.78, 5) is 17.0. The molecule has 2 aliphatic carbocycles. The van der Waals surface area contributed by atoms with Crippen molar-refractivity contribution in [2.24, 2.45) is 0 Å². The van der Waals surface area contributed by atoms with Crippen LogP contribution >= 0.6 is 11.6 Å². The summed E-state index contributed by atoms with van der Waals surface area (Å²) < 4.78 is 16.1. The summed E-state index contributed by atoms with van der Waals surface area (Å²) in [7, 11) is 0. The first-order valence-corrected chi connectivity index (χ1v) is 12.3. The van der Waals surface area contributed by atoms with E-state index < -0.39 is 5.82 Å². The summed E-state index contributed by atoms with van der Waals surface area (Å²) >= 11 is 5.77. The van der Waals surface area contributed by atoms with Crippen LogP contribution < -0.4 is 0 Å². The van der Waals surface area contributed by atoms with Gasteiger partial charge in [0.05, 0.1) is 17.4 Å². The fourth-order valence-electron chi connectivity index (χ4n) is 3.82. The number of hydrogen-bond donors (Lipinski definition) is 0. The van der Waals surface area contributed by atoms with Gasteiger partial charge in [0, 0.05) is 23.0 Å². The van der Waals surface area contributed by atoms with E-state index in [0.29, 0.717) is 27.4 Å². The average molecular weight is 481 g/mol. The SMILES string of the molecule is C1CCCCC1.Cc1nc2ncnc(-c3ccc(Cl)cc3F)c2nc1C.c1cnn(C2CC2)c1. The molecule has 0 radical (unpaired) electrons. The van der Waals surface area contributed by atoms with Crippen LogP contribution in [0.25, 0.3) is 22.4 Å². The van der Waals surface area contributed by atoms with E-state index in [-0.39, 0.29) is 0 Å². The van der Waals surface area contributed by atoms with Crippen molar-refractivity contribution in [3.63, 3.8) is 0 Å². The normalized spacial score (nSPS) is 15.2. The van der Waals surface area contributed by atoms with Gasteiger partial charge in [-0.15, -0.1) is 0 Å². The highest BCUT2D eigenvalue weighted by atomic mass is 35.5. The van der Waals surface area contributed by atoms with E-state index in [0.717, 1.165) is 17.4 Å². The Labute approximate surface area is 204 Å². The molecule has 178 valence electrons. The number of fused-ring (bicyclic) bond motifs is 1. The molecule has 0 spiro atoms. The second-order valence-electron chi connectivity index (χ2n) is 8.75. The smallest absolute Gasteiger partial charge is 0.182 e. The fourth-order valence-corrected chi connectivity index (χ4v) is 3.98. The summed E-state index contributed by atoms with van der Waals surface area (Å²) in [5.41, 5.74) is 3.24. The van der Waals surface area contributed by atoms with Gasteiger partial charge >= 0.3 is 0 Å². The van der Waals surface area contributed by atoms with Crippen molar-refractivity contribution in [3.8, 4) is 11.3 Å². The number of hydrogen-bond acceptors (Lipinski definition) is 5. The van der Waals surface area contributed by atoms with Crippen LogP contribution in [0.5, 0.6) is 0 Å². The maximum Gasteiger partial charge on any atom is 0.182 e. The van der Waals surface area contributed by atoms with E-state index in [9.17, 15) is 4.39 Å². The first-order chi connectivity index (χ1) is 16.5. The van der Waals surface area contributed by atoms with E-state index in [1.54, 1.807) is 12.1 Å². The minimum absolute atomic E-state index is 0.333. The van der Waals surface area contributed by atoms with Crippen molar-refractivity contribution in [2.45, 2.75) is 71.3 Å². The van der Waals surface area contributed by atoms with Crippen molar-refractivity contribution >= 4 is 22.8 Å². The zero-order valence-corrected chi connectivity index (χ0v) is 20.5. The average Bonchev–Trinajstić information content (AvgIpc) is 3.55. The molecule has 6 rings (SSSR count). The molecule has 0 saturated heterocycles. The third-order valence-electron chi connectivity index (χ3n) is 6.01. The van der Waals surface area contributed by atoms with E-state index in [4.69, 9.17) is 11.6 Å². The van der Waals surface area contributed by atoms with Crippen LogP contribution in [0, 0.1) is 19.7 Å². The molecule has 2 saturated carbocycles. The number of aryl methyl sites for hydroxylation is 2. The molecule has 0 amide bonds. The molecule has 1 aromatic carbocycles. The Hall–Kier alpha value is -2.93. The molecule has 0 aliphatic heterocycles. The van der Waals surface area contributed by atoms with E-state index >= 15 is 0 Å². The predicted molar refractivity (Wildman–Crippen MR) is 133 cm³/mol. The highest BCUT2D eigenvalue weighted by molar-refractivity contribution is 6.30. The minimum Gasteiger partial charge on any atom is -0.270 e. The Kier molecular flexibility index (Phi) is 8.16. The molecule has 3 aromatic heterocycles. The third kappa shape index (κ3) is 6.35. The molecule has 34 heavy (non-hydrogen) atoms. The Morgan fingerprint density at radius 1 is 0.941 bits per heavy atom. The Morgan fingerprint density at radius 3 is 2.21 bits per heavy atom. The Bertz CT molecular complexity index is 1210. The zero-order chi connectivity index (χ0) is 23.9. The highest BCUT2D eigenvalue weighted by Gasteiger charge is 2.23. The van der Waals surface area contributed by atoms with Gasteiger partial charge in [0.15, 0.2) is 5.65 Å². The van der Waals surface area contributed by atoms with Gasteiger partial charge in [0.25, 0.3) is 0 Å². The van der Waals surface area contributed by atoms with Crippen LogP contribution in [-0.4, -0.2) is 29.7 Å². The van der Waals surface area contributed by atoms with Crippen LogP contribution in [0.1, 0.15) is 68.8 Å². The largest absolute Gasteiger partial charge is 0.270 e. The molecule has 0 atom stereocenters. The lowest BCUT2D eigenvalue weighted by atomic mass is 10.0. The molecule has 6 nitrogen and oxygen atoms in total. The lowest BCUT2D eigenvalue weighted by molar-refractivity contribution is 0.504. The van der Waals surface area contributed by atoms with Gasteiger partial charge in [-0.25, -0.2) is 24.3 Å². The summed E-state index contributed by atoms with van der Waals surface area (Å²) in [5, 5.41) is 4.43. The summed E-state index contributed by atoms with van der Waals surface area (Å²) in [6.07, 6.45) is 16.9. The van der Waals surface area contributed by atoms with Crippen molar-refractivity contribution in [2.75, 3.05) is 0 Å². The molecule has 8 heteroatoms. The van der Waals surface area contributed by atoms with Crippen LogP contribution in [0.3, 0.4) is 0 Å². The van der Waals surface area contributed by atoms with Crippen molar-refractivity contribution in [1.29, 1.82) is 0 Å². The van der Waals surface area contributed by atoms with E-state index in [1.807, 2.05) is 37.0 Å². The summed E-state index contributed by atoms with van der Waals surface area (Å²) in [5.74, 6) is -0.447. The van der Waals surface area contributed by atoms with Gasteiger partial charge in [-0.05, 0) is 51.0 Å². The molecule has 3 heterocycles. The quantitative estimate of drug-likeness (QED) is 0.307. The number of rotatable bonds is 2. The molecule has 4 aromatic rings. The van der Waals surface area contributed by atoms with Crippen LogP contribution in [0.2, 0.25) is 5.02 Å². The molecule has 0 unspecified atom stereocenters. The van der Waals surface area contributed by atoms with Gasteiger partial charge in [0.2, 0.25) is 0 Å². The second kappa shape index (κ2) is 11.5. The molecule has 0 N–H and O–H groups in total. The fraction of sp³-hybridized carbons (Fsp3) is 0.423. The molecule has 2 aliphatic rings. The van der Waals surface area contributed by atoms with Gasteiger partial charge in [-0.1, -0.05) is 50.1 Å². The van der Waals surface area contributed by atoms with Gasteiger partial charge in [-0.2, -0.15) is 5.10 Å². The topological polar surface area (TPSA) is 69.4 Å². The first-order valence-electron chi connectivity index (χ1n) is 11.9. The van der Waals surface area contributed by atoms with Gasteiger partial charge in [0.1, 0.15) is 23.4 Å². The lowest BCUT2D eigenvalue weighted by Gasteiger charge is -2.07. The van der Waals surface area contributed by atoms with E-state index in [2.05, 4.69) is 25.0 Å². The zero-order valence-electron chi connectivity index (χ0n) is 19.7. The minimum atomic E-state index is -0.447. The Balaban J connectivity index is 0.000000158. The number of nitrogens with zero attached hydrogens (tertiary/aromatic N) is 6. The van der Waals surface area contributed by atoms with Crippen molar-refractivity contribution < 1.29 is 4.39 Å². The Morgan fingerprint density at radius 2 is 1.62 bits per heavy atom. The molecular weight excluding hydrogens is 451 g/mol. The molecular formula is C26H30ClFN6. The lowest BCUT2D eigenvalue weighted by Crippen LogP contribution is -1.99. The van der Waals surface area contributed by atoms with Gasteiger partial charge in [-0.3, -0.25) is 4.68 Å². The molecule has 0 bridgehead atoms. The van der Waals surface area contributed by atoms with Gasteiger partial charge < -0.3 is 0 Å². The number of benzene rings is 1. The van der Waals surface area contributed by atoms with Crippen LogP contribution in [-0.2, 0) is 0 Å². The highest BCUT2D eigenvalue weighted by Crippen LogP contribution is 2.33. The second-order valence-corrected chi connectivity index (χ2v) is 9.19. The molecule has 2 fully saturated rings. The monoisotopic (exact) mass is 480 g/mol.